The zero-order valence-corrected chi connectivity index (χ0v) is 16.0. The summed E-state index contributed by atoms with van der Waals surface area (Å²) >= 11 is 1.40. The van der Waals surface area contributed by atoms with Crippen LogP contribution in [0.2, 0.25) is 0 Å². The Kier molecular flexibility index (Phi) is 6.36. The van der Waals surface area contributed by atoms with Crippen LogP contribution in [0.25, 0.3) is 0 Å². The molecular formula is C18H24N4O2S. The average Bonchev–Trinajstić information content (AvgIpc) is 3.03. The van der Waals surface area contributed by atoms with Gasteiger partial charge in [-0.1, -0.05) is 25.6 Å². The second-order valence-electron chi connectivity index (χ2n) is 6.46. The lowest BCUT2D eigenvalue weighted by Crippen LogP contribution is -2.18. The van der Waals surface area contributed by atoms with E-state index in [4.69, 9.17) is 0 Å². The Morgan fingerprint density at radius 1 is 1.08 bits per heavy atom. The molecule has 0 unspecified atom stereocenters. The second-order valence-corrected chi connectivity index (χ2v) is 7.77. The molecule has 0 bridgehead atoms. The molecule has 0 aliphatic heterocycles. The van der Waals surface area contributed by atoms with E-state index in [2.05, 4.69) is 15.5 Å². The van der Waals surface area contributed by atoms with Crippen LogP contribution in [0.5, 0.6) is 0 Å². The van der Waals surface area contributed by atoms with Crippen molar-refractivity contribution in [1.82, 2.24) is 14.8 Å². The highest BCUT2D eigenvalue weighted by Crippen LogP contribution is 2.26. The number of nitrogens with one attached hydrogen (secondary N) is 1. The molecule has 1 amide bonds. The summed E-state index contributed by atoms with van der Waals surface area (Å²) in [5, 5.41) is 11.3. The summed E-state index contributed by atoms with van der Waals surface area (Å²) in [5.74, 6) is -0.114. The lowest BCUT2D eigenvalue weighted by atomic mass is 10.1. The predicted octanol–water partition coefficient (Wildman–Crippen LogP) is 3.82. The molecule has 2 aromatic rings. The summed E-state index contributed by atoms with van der Waals surface area (Å²) in [7, 11) is 0. The van der Waals surface area contributed by atoms with E-state index in [1.165, 1.54) is 11.8 Å². The van der Waals surface area contributed by atoms with Crippen molar-refractivity contribution in [2.75, 3.05) is 5.32 Å². The summed E-state index contributed by atoms with van der Waals surface area (Å²) in [5.41, 5.74) is 1.30. The number of hydrogen-bond acceptors (Lipinski definition) is 5. The topological polar surface area (TPSA) is 76.9 Å². The first-order chi connectivity index (χ1) is 11.8. The molecule has 1 atom stereocenters. The van der Waals surface area contributed by atoms with Crippen LogP contribution >= 0.6 is 11.8 Å². The van der Waals surface area contributed by atoms with Crippen molar-refractivity contribution in [2.45, 2.75) is 51.1 Å². The minimum atomic E-state index is -0.280. The average molecular weight is 360 g/mol. The van der Waals surface area contributed by atoms with E-state index in [1.54, 1.807) is 30.6 Å². The van der Waals surface area contributed by atoms with Crippen LogP contribution in [-0.2, 0) is 4.79 Å². The van der Waals surface area contributed by atoms with Crippen LogP contribution in [0.4, 0.5) is 5.69 Å². The molecule has 1 aromatic carbocycles. The van der Waals surface area contributed by atoms with Crippen molar-refractivity contribution in [3.63, 3.8) is 0 Å². The van der Waals surface area contributed by atoms with E-state index in [1.807, 2.05) is 39.2 Å². The first kappa shape index (κ1) is 19.2. The maximum atomic E-state index is 12.6. The SMILES string of the molecule is CC(C)C(=O)Nc1ccc(C(=O)[C@H](C)Sc2nncn2C(C)C)cc1. The monoisotopic (exact) mass is 360 g/mol. The fraction of sp³-hybridized carbons (Fsp3) is 0.444. The zero-order valence-electron chi connectivity index (χ0n) is 15.2. The minimum absolute atomic E-state index is 0.0186. The quantitative estimate of drug-likeness (QED) is 0.600. The molecule has 1 N–H and O–H groups in total. The van der Waals surface area contributed by atoms with Gasteiger partial charge in [-0.05, 0) is 45.0 Å². The number of carbonyl (C=O) groups excluding carboxylic acids is 2. The van der Waals surface area contributed by atoms with Crippen LogP contribution in [0, 0.1) is 5.92 Å². The van der Waals surface area contributed by atoms with Gasteiger partial charge in [-0.2, -0.15) is 0 Å². The van der Waals surface area contributed by atoms with Crippen molar-refractivity contribution in [3.8, 4) is 0 Å². The molecule has 0 saturated carbocycles. The van der Waals surface area contributed by atoms with E-state index in [0.29, 0.717) is 11.3 Å². The van der Waals surface area contributed by atoms with E-state index in [0.717, 1.165) is 5.16 Å². The van der Waals surface area contributed by atoms with Gasteiger partial charge in [-0.25, -0.2) is 0 Å². The predicted molar refractivity (Wildman–Crippen MR) is 100.0 cm³/mol. The van der Waals surface area contributed by atoms with Crippen molar-refractivity contribution in [2.24, 2.45) is 5.92 Å². The molecule has 1 heterocycles. The summed E-state index contributed by atoms with van der Waals surface area (Å²) in [4.78, 5) is 24.3. The fourth-order valence-corrected chi connectivity index (χ4v) is 3.15. The molecule has 25 heavy (non-hydrogen) atoms. The van der Waals surface area contributed by atoms with Gasteiger partial charge < -0.3 is 9.88 Å². The summed E-state index contributed by atoms with van der Waals surface area (Å²) in [6.07, 6.45) is 1.68. The summed E-state index contributed by atoms with van der Waals surface area (Å²) < 4.78 is 1.94. The van der Waals surface area contributed by atoms with E-state index < -0.39 is 0 Å². The lowest BCUT2D eigenvalue weighted by Gasteiger charge is -2.13. The Morgan fingerprint density at radius 3 is 2.28 bits per heavy atom. The number of aromatic nitrogens is 3. The lowest BCUT2D eigenvalue weighted by molar-refractivity contribution is -0.118. The Hall–Kier alpha value is -2.15. The van der Waals surface area contributed by atoms with Crippen LogP contribution in [0.15, 0.2) is 35.7 Å². The molecule has 0 aliphatic rings. The van der Waals surface area contributed by atoms with Gasteiger partial charge in [-0.3, -0.25) is 9.59 Å². The number of amides is 1. The molecule has 0 spiro atoms. The summed E-state index contributed by atoms with van der Waals surface area (Å²) in [6.45, 7) is 9.62. The Bertz CT molecular complexity index is 738. The highest BCUT2D eigenvalue weighted by molar-refractivity contribution is 8.00. The number of hydrogen-bond donors (Lipinski definition) is 1. The molecule has 0 fully saturated rings. The van der Waals surface area contributed by atoms with Crippen LogP contribution in [0.1, 0.15) is 51.0 Å². The number of anilines is 1. The highest BCUT2D eigenvalue weighted by atomic mass is 32.2. The van der Waals surface area contributed by atoms with Crippen molar-refractivity contribution < 1.29 is 9.59 Å². The Labute approximate surface area is 152 Å². The molecule has 0 saturated heterocycles. The van der Waals surface area contributed by atoms with Gasteiger partial charge in [0.05, 0.1) is 5.25 Å². The minimum Gasteiger partial charge on any atom is -0.326 e. The van der Waals surface area contributed by atoms with Gasteiger partial charge in [0.1, 0.15) is 6.33 Å². The number of benzene rings is 1. The van der Waals surface area contributed by atoms with E-state index >= 15 is 0 Å². The van der Waals surface area contributed by atoms with E-state index in [-0.39, 0.29) is 28.9 Å². The number of thioether (sulfide) groups is 1. The number of Topliss-reactive ketones (excluding diaryl/α,β-unsaturated/α-hetero) is 1. The number of nitrogens with zero attached hydrogens (tertiary/aromatic N) is 3. The molecule has 134 valence electrons. The Morgan fingerprint density at radius 2 is 1.72 bits per heavy atom. The smallest absolute Gasteiger partial charge is 0.226 e. The second kappa shape index (κ2) is 8.29. The van der Waals surface area contributed by atoms with Crippen molar-refractivity contribution in [3.05, 3.63) is 36.2 Å². The van der Waals surface area contributed by atoms with Crippen LogP contribution in [0.3, 0.4) is 0 Å². The molecular weight excluding hydrogens is 336 g/mol. The van der Waals surface area contributed by atoms with Crippen molar-refractivity contribution >= 4 is 29.1 Å². The van der Waals surface area contributed by atoms with Gasteiger partial charge in [0.15, 0.2) is 10.9 Å². The molecule has 0 radical (unpaired) electrons. The third kappa shape index (κ3) is 4.92. The molecule has 7 heteroatoms. The van der Waals surface area contributed by atoms with Crippen molar-refractivity contribution in [1.29, 1.82) is 0 Å². The molecule has 6 nitrogen and oxygen atoms in total. The summed E-state index contributed by atoms with van der Waals surface area (Å²) in [6, 6.07) is 7.22. The fourth-order valence-electron chi connectivity index (χ4n) is 2.12. The highest BCUT2D eigenvalue weighted by Gasteiger charge is 2.20. The number of ketones is 1. The zero-order chi connectivity index (χ0) is 18.6. The first-order valence-electron chi connectivity index (χ1n) is 8.31. The third-order valence-electron chi connectivity index (χ3n) is 3.71. The maximum absolute atomic E-state index is 12.6. The van der Waals surface area contributed by atoms with Crippen LogP contribution in [-0.4, -0.2) is 31.7 Å². The van der Waals surface area contributed by atoms with Gasteiger partial charge in [0, 0.05) is 23.2 Å². The van der Waals surface area contributed by atoms with Gasteiger partial charge in [0.2, 0.25) is 5.91 Å². The number of rotatable bonds is 7. The number of carbonyl (C=O) groups is 2. The maximum Gasteiger partial charge on any atom is 0.226 e. The van der Waals surface area contributed by atoms with Crippen LogP contribution < -0.4 is 5.32 Å². The van der Waals surface area contributed by atoms with E-state index in [9.17, 15) is 9.59 Å². The Balaban J connectivity index is 2.04. The normalized spacial score (nSPS) is 12.4. The van der Waals surface area contributed by atoms with Gasteiger partial charge in [0.25, 0.3) is 0 Å². The molecule has 0 aliphatic carbocycles. The molecule has 1 aromatic heterocycles. The standard InChI is InChI=1S/C18H24N4O2S/c1-11(2)17(24)20-15-8-6-14(7-9-15)16(23)13(5)25-18-21-19-10-22(18)12(3)4/h6-13H,1-5H3,(H,20,24)/t13-/m0/s1. The third-order valence-corrected chi connectivity index (χ3v) is 4.78. The largest absolute Gasteiger partial charge is 0.326 e. The van der Waals surface area contributed by atoms with Gasteiger partial charge >= 0.3 is 0 Å². The molecule has 2 rings (SSSR count). The first-order valence-corrected chi connectivity index (χ1v) is 9.19. The van der Waals surface area contributed by atoms with Gasteiger partial charge in [-0.15, -0.1) is 10.2 Å².